The fourth-order valence-corrected chi connectivity index (χ4v) is 4.60. The number of rotatable bonds is 6. The number of benzene rings is 2. The van der Waals surface area contributed by atoms with E-state index in [1.54, 1.807) is 18.5 Å². The molecule has 0 amide bonds. The third kappa shape index (κ3) is 4.19. The summed E-state index contributed by atoms with van der Waals surface area (Å²) in [6, 6.07) is 15.2. The summed E-state index contributed by atoms with van der Waals surface area (Å²) in [7, 11) is 6.26. The van der Waals surface area contributed by atoms with Gasteiger partial charge >= 0.3 is 5.97 Å². The van der Waals surface area contributed by atoms with Crippen LogP contribution in [-0.4, -0.2) is 42.1 Å². The van der Waals surface area contributed by atoms with Crippen LogP contribution in [0, 0.1) is 6.92 Å². The van der Waals surface area contributed by atoms with Crippen molar-refractivity contribution in [3.63, 3.8) is 0 Å². The topological polar surface area (TPSA) is 56.7 Å². The number of hydrogen-bond donors (Lipinski definition) is 1. The second kappa shape index (κ2) is 8.52. The van der Waals surface area contributed by atoms with Gasteiger partial charge in [-0.3, -0.25) is 9.88 Å². The van der Waals surface area contributed by atoms with E-state index in [0.29, 0.717) is 12.0 Å². The van der Waals surface area contributed by atoms with Gasteiger partial charge in [0, 0.05) is 44.8 Å². The van der Waals surface area contributed by atoms with E-state index >= 15 is 0 Å². The Kier molecular flexibility index (Phi) is 5.79. The van der Waals surface area contributed by atoms with Gasteiger partial charge in [0.05, 0.1) is 5.56 Å². The number of carboxylic acid groups (broad SMARTS) is 1. The first-order chi connectivity index (χ1) is 14.8. The van der Waals surface area contributed by atoms with Crippen LogP contribution in [0.4, 0.5) is 5.69 Å². The van der Waals surface area contributed by atoms with E-state index in [1.165, 1.54) is 33.5 Å². The predicted octanol–water partition coefficient (Wildman–Crippen LogP) is 4.94. The highest BCUT2D eigenvalue weighted by Gasteiger charge is 2.28. The van der Waals surface area contributed by atoms with E-state index < -0.39 is 5.97 Å². The zero-order valence-electron chi connectivity index (χ0n) is 18.6. The normalized spacial score (nSPS) is 15.7. The molecule has 0 saturated carbocycles. The minimum absolute atomic E-state index is 0.281. The van der Waals surface area contributed by atoms with Crippen molar-refractivity contribution in [3.8, 4) is 11.1 Å². The molecule has 5 nitrogen and oxygen atoms in total. The summed E-state index contributed by atoms with van der Waals surface area (Å²) in [6.45, 7) is 3.07. The van der Waals surface area contributed by atoms with E-state index in [0.717, 1.165) is 18.5 Å². The largest absolute Gasteiger partial charge is 0.478 e. The van der Waals surface area contributed by atoms with Crippen LogP contribution in [0.5, 0.6) is 0 Å². The SMILES string of the molecule is Cc1cc(N(C)C)ccc1-c1ccc2c(c1)CN(C)[C@H]2CCc1cnccc1C(=O)O. The summed E-state index contributed by atoms with van der Waals surface area (Å²) in [5, 5.41) is 9.44. The van der Waals surface area contributed by atoms with Crippen molar-refractivity contribution in [2.45, 2.75) is 32.4 Å². The molecule has 1 aromatic heterocycles. The number of carbonyl (C=O) groups is 1. The molecule has 160 valence electrons. The molecule has 31 heavy (non-hydrogen) atoms. The molecule has 2 heterocycles. The van der Waals surface area contributed by atoms with Crippen molar-refractivity contribution >= 4 is 11.7 Å². The maximum atomic E-state index is 11.5. The van der Waals surface area contributed by atoms with Crippen LogP contribution >= 0.6 is 0 Å². The Labute approximate surface area is 184 Å². The minimum Gasteiger partial charge on any atom is -0.478 e. The van der Waals surface area contributed by atoms with Crippen molar-refractivity contribution in [1.82, 2.24) is 9.88 Å². The van der Waals surface area contributed by atoms with Crippen LogP contribution < -0.4 is 4.90 Å². The number of pyridine rings is 1. The third-order valence-electron chi connectivity index (χ3n) is 6.31. The number of aryl methyl sites for hydroxylation is 2. The molecule has 0 radical (unpaired) electrons. The summed E-state index contributed by atoms with van der Waals surface area (Å²) < 4.78 is 0. The monoisotopic (exact) mass is 415 g/mol. The second-order valence-electron chi connectivity index (χ2n) is 8.61. The van der Waals surface area contributed by atoms with Gasteiger partial charge in [-0.05, 0) is 84.5 Å². The average Bonchev–Trinajstić information content (AvgIpc) is 3.06. The first-order valence-electron chi connectivity index (χ1n) is 10.6. The van der Waals surface area contributed by atoms with E-state index in [9.17, 15) is 9.90 Å². The molecule has 0 aliphatic carbocycles. The fourth-order valence-electron chi connectivity index (χ4n) is 4.60. The van der Waals surface area contributed by atoms with Gasteiger partial charge in [-0.15, -0.1) is 0 Å². The van der Waals surface area contributed by atoms with Crippen molar-refractivity contribution in [1.29, 1.82) is 0 Å². The predicted molar refractivity (Wildman–Crippen MR) is 125 cm³/mol. The number of aromatic nitrogens is 1. The van der Waals surface area contributed by atoms with Crippen LogP contribution in [0.25, 0.3) is 11.1 Å². The lowest BCUT2D eigenvalue weighted by molar-refractivity contribution is 0.0695. The highest BCUT2D eigenvalue weighted by molar-refractivity contribution is 5.89. The highest BCUT2D eigenvalue weighted by Crippen LogP contribution is 2.38. The molecule has 1 N–H and O–H groups in total. The van der Waals surface area contributed by atoms with Gasteiger partial charge in [0.15, 0.2) is 0 Å². The van der Waals surface area contributed by atoms with Gasteiger partial charge in [0.25, 0.3) is 0 Å². The Balaban J connectivity index is 1.57. The number of anilines is 1. The standard InChI is InChI=1S/C26H29N3O2/c1-17-13-21(28(2)3)7-9-22(17)18-5-8-23-20(14-18)16-29(4)25(23)10-6-19-15-27-12-11-24(19)26(30)31/h5,7-9,11-15,25H,6,10,16H2,1-4H3,(H,30,31)/t25-/m0/s1. The third-order valence-corrected chi connectivity index (χ3v) is 6.31. The van der Waals surface area contributed by atoms with Gasteiger partial charge in [-0.25, -0.2) is 4.79 Å². The van der Waals surface area contributed by atoms with Crippen LogP contribution in [0.2, 0.25) is 0 Å². The van der Waals surface area contributed by atoms with Crippen molar-refractivity contribution < 1.29 is 9.90 Å². The average molecular weight is 416 g/mol. The van der Waals surface area contributed by atoms with Gasteiger partial charge in [0.2, 0.25) is 0 Å². The summed E-state index contributed by atoms with van der Waals surface area (Å²) in [6.07, 6.45) is 4.78. The van der Waals surface area contributed by atoms with Gasteiger partial charge in [0.1, 0.15) is 0 Å². The molecule has 0 bridgehead atoms. The van der Waals surface area contributed by atoms with Gasteiger partial charge < -0.3 is 10.0 Å². The van der Waals surface area contributed by atoms with Crippen molar-refractivity contribution in [2.24, 2.45) is 0 Å². The molecule has 0 unspecified atom stereocenters. The minimum atomic E-state index is -0.891. The Hall–Kier alpha value is -3.18. The molecule has 5 heteroatoms. The number of nitrogens with zero attached hydrogens (tertiary/aromatic N) is 3. The molecule has 0 spiro atoms. The van der Waals surface area contributed by atoms with Gasteiger partial charge in [-0.2, -0.15) is 0 Å². The zero-order chi connectivity index (χ0) is 22.1. The molecule has 3 aromatic rings. The maximum Gasteiger partial charge on any atom is 0.336 e. The number of aromatic carboxylic acids is 1. The zero-order valence-corrected chi connectivity index (χ0v) is 18.6. The summed E-state index contributed by atoms with van der Waals surface area (Å²) >= 11 is 0. The number of carboxylic acids is 1. The van der Waals surface area contributed by atoms with Gasteiger partial charge in [-0.1, -0.05) is 18.2 Å². The lowest BCUT2D eigenvalue weighted by atomic mass is 9.93. The Bertz CT molecular complexity index is 1120. The Morgan fingerprint density at radius 3 is 2.71 bits per heavy atom. The lowest BCUT2D eigenvalue weighted by Crippen LogP contribution is -2.17. The lowest BCUT2D eigenvalue weighted by Gasteiger charge is -2.20. The molecular formula is C26H29N3O2. The smallest absolute Gasteiger partial charge is 0.336 e. The quantitative estimate of drug-likeness (QED) is 0.618. The molecule has 1 aliphatic heterocycles. The first kappa shape index (κ1) is 21.1. The Morgan fingerprint density at radius 1 is 1.19 bits per heavy atom. The summed E-state index contributed by atoms with van der Waals surface area (Å²) in [4.78, 5) is 20.1. The molecule has 1 aliphatic rings. The second-order valence-corrected chi connectivity index (χ2v) is 8.61. The molecule has 0 saturated heterocycles. The molecular weight excluding hydrogens is 386 g/mol. The Morgan fingerprint density at radius 2 is 2.00 bits per heavy atom. The van der Waals surface area contributed by atoms with Crippen molar-refractivity contribution in [3.05, 3.63) is 82.7 Å². The summed E-state index contributed by atoms with van der Waals surface area (Å²) in [5.41, 5.74) is 8.83. The van der Waals surface area contributed by atoms with E-state index in [-0.39, 0.29) is 6.04 Å². The van der Waals surface area contributed by atoms with Crippen LogP contribution in [0.1, 0.15) is 45.1 Å². The van der Waals surface area contributed by atoms with E-state index in [2.05, 4.69) is 79.2 Å². The first-order valence-corrected chi connectivity index (χ1v) is 10.6. The molecule has 1 atom stereocenters. The maximum absolute atomic E-state index is 11.5. The molecule has 2 aromatic carbocycles. The highest BCUT2D eigenvalue weighted by atomic mass is 16.4. The van der Waals surface area contributed by atoms with Crippen LogP contribution in [0.15, 0.2) is 54.9 Å². The van der Waals surface area contributed by atoms with E-state index in [1.807, 2.05) is 0 Å². The van der Waals surface area contributed by atoms with Crippen LogP contribution in [0.3, 0.4) is 0 Å². The number of hydrogen-bond acceptors (Lipinski definition) is 4. The molecule has 0 fully saturated rings. The summed E-state index contributed by atoms with van der Waals surface area (Å²) in [5.74, 6) is -0.891. The van der Waals surface area contributed by atoms with Crippen molar-refractivity contribution in [2.75, 3.05) is 26.0 Å². The molecule has 4 rings (SSSR count). The fraction of sp³-hybridized carbons (Fsp3) is 0.308. The van der Waals surface area contributed by atoms with Crippen LogP contribution in [-0.2, 0) is 13.0 Å². The number of fused-ring (bicyclic) bond motifs is 1. The van der Waals surface area contributed by atoms with E-state index in [4.69, 9.17) is 0 Å².